The minimum atomic E-state index is 0.529. The van der Waals surface area contributed by atoms with E-state index in [1.165, 1.54) is 0 Å². The van der Waals surface area contributed by atoms with Crippen molar-refractivity contribution in [3.05, 3.63) is 48.0 Å². The van der Waals surface area contributed by atoms with E-state index >= 15 is 0 Å². The number of hydrogen-bond donors (Lipinski definition) is 0. The minimum Gasteiger partial charge on any atom is -0.367 e. The van der Waals surface area contributed by atoms with Crippen LogP contribution in [-0.4, -0.2) is 16.6 Å². The zero-order valence-electron chi connectivity index (χ0n) is 10.1. The van der Waals surface area contributed by atoms with E-state index in [4.69, 9.17) is 11.6 Å². The highest BCUT2D eigenvalue weighted by Gasteiger charge is 2.08. The maximum Gasteiger partial charge on any atom is 0.127 e. The molecule has 1 aromatic carbocycles. The molecule has 0 fully saturated rings. The van der Waals surface area contributed by atoms with E-state index in [1.807, 2.05) is 36.1 Å². The summed E-state index contributed by atoms with van der Waals surface area (Å²) in [7, 11) is 4.06. The Kier molecular flexibility index (Phi) is 3.69. The van der Waals surface area contributed by atoms with E-state index in [2.05, 4.69) is 29.1 Å². The van der Waals surface area contributed by atoms with Crippen molar-refractivity contribution in [3.8, 4) is 0 Å². The van der Waals surface area contributed by atoms with Crippen molar-refractivity contribution in [2.45, 2.75) is 12.4 Å². The second-order valence-electron chi connectivity index (χ2n) is 4.07. The van der Waals surface area contributed by atoms with Crippen LogP contribution in [0, 0.1) is 0 Å². The van der Waals surface area contributed by atoms with Crippen molar-refractivity contribution < 1.29 is 0 Å². The molecule has 2 aromatic rings. The molecule has 0 atom stereocenters. The number of rotatable bonds is 4. The van der Waals surface area contributed by atoms with E-state index in [0.717, 1.165) is 23.6 Å². The highest BCUT2D eigenvalue weighted by Crippen LogP contribution is 2.21. The fourth-order valence-electron chi connectivity index (χ4n) is 1.84. The highest BCUT2D eigenvalue weighted by atomic mass is 35.5. The number of para-hydroxylation sites is 1. The van der Waals surface area contributed by atoms with Gasteiger partial charge in [0.2, 0.25) is 0 Å². The lowest BCUT2D eigenvalue weighted by Gasteiger charge is -2.21. The third kappa shape index (κ3) is 2.61. The average molecular weight is 250 g/mol. The first kappa shape index (κ1) is 12.0. The van der Waals surface area contributed by atoms with Crippen LogP contribution < -0.4 is 4.90 Å². The van der Waals surface area contributed by atoms with Gasteiger partial charge in [-0.05, 0) is 11.6 Å². The normalized spacial score (nSPS) is 10.5. The van der Waals surface area contributed by atoms with Gasteiger partial charge in [-0.1, -0.05) is 18.2 Å². The number of hydrogen-bond acceptors (Lipinski definition) is 2. The lowest BCUT2D eigenvalue weighted by Crippen LogP contribution is -2.20. The molecule has 0 aliphatic rings. The van der Waals surface area contributed by atoms with E-state index in [-0.39, 0.29) is 0 Å². The Balaban J connectivity index is 2.20. The van der Waals surface area contributed by atoms with E-state index in [9.17, 15) is 0 Å². The predicted octanol–water partition coefficient (Wildman–Crippen LogP) is 2.80. The molecule has 0 spiro atoms. The largest absolute Gasteiger partial charge is 0.367 e. The van der Waals surface area contributed by atoms with Crippen LogP contribution in [-0.2, 0) is 19.5 Å². The molecule has 0 saturated carbocycles. The van der Waals surface area contributed by atoms with Gasteiger partial charge in [0.05, 0.1) is 6.54 Å². The van der Waals surface area contributed by atoms with Crippen LogP contribution in [0.1, 0.15) is 11.4 Å². The number of aromatic nitrogens is 2. The zero-order chi connectivity index (χ0) is 12.3. The molecule has 0 bridgehead atoms. The van der Waals surface area contributed by atoms with Crippen molar-refractivity contribution in [1.29, 1.82) is 0 Å². The first-order chi connectivity index (χ1) is 8.22. The van der Waals surface area contributed by atoms with Gasteiger partial charge in [0, 0.05) is 38.1 Å². The first-order valence-electron chi connectivity index (χ1n) is 5.53. The van der Waals surface area contributed by atoms with Gasteiger partial charge in [-0.25, -0.2) is 4.98 Å². The molecule has 1 aromatic heterocycles. The number of halogens is 1. The average Bonchev–Trinajstić information content (AvgIpc) is 2.75. The smallest absolute Gasteiger partial charge is 0.127 e. The topological polar surface area (TPSA) is 21.1 Å². The van der Waals surface area contributed by atoms with E-state index in [1.54, 1.807) is 0 Å². The van der Waals surface area contributed by atoms with Gasteiger partial charge in [0.25, 0.3) is 0 Å². The number of nitrogens with zero attached hydrogens (tertiary/aromatic N) is 3. The molecular formula is C13H16ClN3. The van der Waals surface area contributed by atoms with Crippen molar-refractivity contribution in [2.24, 2.45) is 7.05 Å². The molecule has 4 heteroatoms. The molecule has 0 aliphatic heterocycles. The monoisotopic (exact) mass is 249 g/mol. The third-order valence-electron chi connectivity index (χ3n) is 2.85. The number of aryl methyl sites for hydroxylation is 1. The van der Waals surface area contributed by atoms with E-state index in [0.29, 0.717) is 5.88 Å². The molecule has 2 rings (SSSR count). The van der Waals surface area contributed by atoms with Crippen LogP contribution in [0.4, 0.5) is 5.69 Å². The van der Waals surface area contributed by atoms with Gasteiger partial charge in [-0.2, -0.15) is 0 Å². The number of benzene rings is 1. The molecule has 1 heterocycles. The van der Waals surface area contributed by atoms with Crippen molar-refractivity contribution in [1.82, 2.24) is 9.55 Å². The Bertz CT molecular complexity index is 493. The third-order valence-corrected chi connectivity index (χ3v) is 3.13. The Morgan fingerprint density at radius 1 is 1.35 bits per heavy atom. The van der Waals surface area contributed by atoms with Gasteiger partial charge in [-0.15, -0.1) is 11.6 Å². The van der Waals surface area contributed by atoms with Crippen molar-refractivity contribution >= 4 is 17.3 Å². The van der Waals surface area contributed by atoms with Gasteiger partial charge in [0.15, 0.2) is 0 Å². The summed E-state index contributed by atoms with van der Waals surface area (Å²) in [6.07, 6.45) is 3.77. The maximum atomic E-state index is 5.94. The molecule has 0 radical (unpaired) electrons. The summed E-state index contributed by atoms with van der Waals surface area (Å²) < 4.78 is 2.03. The molecule has 90 valence electrons. The van der Waals surface area contributed by atoms with Crippen LogP contribution in [0.25, 0.3) is 0 Å². The summed E-state index contributed by atoms with van der Waals surface area (Å²) in [4.78, 5) is 6.49. The second kappa shape index (κ2) is 5.23. The van der Waals surface area contributed by atoms with Crippen LogP contribution in [0.2, 0.25) is 0 Å². The molecule has 0 saturated heterocycles. The summed E-state index contributed by atoms with van der Waals surface area (Å²) in [5.41, 5.74) is 2.30. The quantitative estimate of drug-likeness (QED) is 0.777. The number of alkyl halides is 1. The molecule has 0 N–H and O–H groups in total. The Morgan fingerprint density at radius 3 is 2.76 bits per heavy atom. The molecule has 3 nitrogen and oxygen atoms in total. The van der Waals surface area contributed by atoms with Gasteiger partial charge >= 0.3 is 0 Å². The summed E-state index contributed by atoms with van der Waals surface area (Å²) in [6.45, 7) is 0.775. The maximum absolute atomic E-state index is 5.94. The van der Waals surface area contributed by atoms with Crippen molar-refractivity contribution in [2.75, 3.05) is 11.9 Å². The standard InChI is InChI=1S/C13H16ClN3/c1-16-8-7-15-13(16)10-17(2)12-6-4-3-5-11(12)9-14/h3-8H,9-10H2,1-2H3. The van der Waals surface area contributed by atoms with Gasteiger partial charge in [0.1, 0.15) is 5.82 Å². The predicted molar refractivity (Wildman–Crippen MR) is 71.3 cm³/mol. The number of anilines is 1. The summed E-state index contributed by atoms with van der Waals surface area (Å²) in [6, 6.07) is 8.17. The summed E-state index contributed by atoms with van der Waals surface area (Å²) in [5, 5.41) is 0. The Morgan fingerprint density at radius 2 is 2.12 bits per heavy atom. The van der Waals surface area contributed by atoms with Gasteiger partial charge in [-0.3, -0.25) is 0 Å². The molecule has 17 heavy (non-hydrogen) atoms. The highest BCUT2D eigenvalue weighted by molar-refractivity contribution is 6.17. The van der Waals surface area contributed by atoms with Crippen LogP contribution in [0.5, 0.6) is 0 Å². The van der Waals surface area contributed by atoms with Crippen LogP contribution in [0.15, 0.2) is 36.7 Å². The lowest BCUT2D eigenvalue weighted by atomic mass is 10.2. The minimum absolute atomic E-state index is 0.529. The van der Waals surface area contributed by atoms with E-state index < -0.39 is 0 Å². The zero-order valence-corrected chi connectivity index (χ0v) is 10.9. The fourth-order valence-corrected chi connectivity index (χ4v) is 2.07. The molecule has 0 unspecified atom stereocenters. The fraction of sp³-hybridized carbons (Fsp3) is 0.308. The Labute approximate surface area is 107 Å². The van der Waals surface area contributed by atoms with Crippen LogP contribution in [0.3, 0.4) is 0 Å². The first-order valence-corrected chi connectivity index (χ1v) is 6.07. The SMILES string of the molecule is CN(Cc1nccn1C)c1ccccc1CCl. The second-order valence-corrected chi connectivity index (χ2v) is 4.34. The lowest BCUT2D eigenvalue weighted by molar-refractivity contribution is 0.760. The molecule has 0 amide bonds. The van der Waals surface area contributed by atoms with Crippen molar-refractivity contribution in [3.63, 3.8) is 0 Å². The Hall–Kier alpha value is -1.48. The molecular weight excluding hydrogens is 234 g/mol. The number of imidazole rings is 1. The molecule has 0 aliphatic carbocycles. The summed E-state index contributed by atoms with van der Waals surface area (Å²) in [5.74, 6) is 1.57. The van der Waals surface area contributed by atoms with Gasteiger partial charge < -0.3 is 9.47 Å². The van der Waals surface area contributed by atoms with Crippen LogP contribution >= 0.6 is 11.6 Å². The summed E-state index contributed by atoms with van der Waals surface area (Å²) >= 11 is 5.94.